The standard InChI is InChI=1S/C29H20N4O2/c30-19-20-12-13-27-26(16-20)28(14-15-31-27)35-25-11-4-6-21(17-25)29(34)33-24-10-5-9-23(18-24)32-22-7-2-1-3-8-22/h1-18,32H,(H,33,34). The summed E-state index contributed by atoms with van der Waals surface area (Å²) in [6, 6.07) is 33.4. The number of ether oxygens (including phenoxy) is 1. The van der Waals surface area contributed by atoms with Crippen LogP contribution in [-0.4, -0.2) is 10.9 Å². The molecule has 0 radical (unpaired) electrons. The minimum Gasteiger partial charge on any atom is -0.457 e. The van der Waals surface area contributed by atoms with Crippen LogP contribution < -0.4 is 15.4 Å². The molecule has 0 unspecified atom stereocenters. The number of hydrogen-bond donors (Lipinski definition) is 2. The zero-order chi connectivity index (χ0) is 24.0. The van der Waals surface area contributed by atoms with E-state index in [1.54, 1.807) is 54.7 Å². The van der Waals surface area contributed by atoms with E-state index in [2.05, 4.69) is 21.7 Å². The number of nitrogens with zero attached hydrogens (tertiary/aromatic N) is 2. The van der Waals surface area contributed by atoms with E-state index in [-0.39, 0.29) is 5.91 Å². The van der Waals surface area contributed by atoms with E-state index in [0.29, 0.717) is 28.3 Å². The van der Waals surface area contributed by atoms with Crippen molar-refractivity contribution < 1.29 is 9.53 Å². The number of amides is 1. The number of aromatic nitrogens is 1. The topological polar surface area (TPSA) is 87.0 Å². The van der Waals surface area contributed by atoms with Crippen LogP contribution in [0.1, 0.15) is 15.9 Å². The van der Waals surface area contributed by atoms with Gasteiger partial charge in [0.05, 0.1) is 17.1 Å². The molecule has 168 valence electrons. The van der Waals surface area contributed by atoms with Crippen molar-refractivity contribution in [3.8, 4) is 17.6 Å². The molecule has 6 nitrogen and oxygen atoms in total. The third kappa shape index (κ3) is 5.10. The van der Waals surface area contributed by atoms with Gasteiger partial charge in [0.2, 0.25) is 0 Å². The minimum absolute atomic E-state index is 0.251. The van der Waals surface area contributed by atoms with Gasteiger partial charge in [-0.3, -0.25) is 9.78 Å². The van der Waals surface area contributed by atoms with Crippen LogP contribution in [0.2, 0.25) is 0 Å². The van der Waals surface area contributed by atoms with Crippen LogP contribution in [0, 0.1) is 11.3 Å². The first-order valence-electron chi connectivity index (χ1n) is 11.0. The maximum Gasteiger partial charge on any atom is 0.255 e. The quantitative estimate of drug-likeness (QED) is 0.290. The van der Waals surface area contributed by atoms with Crippen LogP contribution in [0.3, 0.4) is 0 Å². The summed E-state index contributed by atoms with van der Waals surface area (Å²) in [5, 5.41) is 16.2. The molecule has 5 rings (SSSR count). The van der Waals surface area contributed by atoms with Gasteiger partial charge in [0.15, 0.2) is 0 Å². The molecule has 0 bridgehead atoms. The second-order valence-electron chi connectivity index (χ2n) is 7.81. The van der Waals surface area contributed by atoms with E-state index in [1.165, 1.54) is 0 Å². The van der Waals surface area contributed by atoms with Crippen molar-refractivity contribution in [2.24, 2.45) is 0 Å². The molecular weight excluding hydrogens is 436 g/mol. The van der Waals surface area contributed by atoms with Crippen LogP contribution in [0.5, 0.6) is 11.5 Å². The van der Waals surface area contributed by atoms with E-state index < -0.39 is 0 Å². The highest BCUT2D eigenvalue weighted by Gasteiger charge is 2.10. The Morgan fingerprint density at radius 2 is 1.60 bits per heavy atom. The first-order chi connectivity index (χ1) is 17.2. The van der Waals surface area contributed by atoms with Gasteiger partial charge in [0, 0.05) is 34.2 Å². The molecule has 0 saturated carbocycles. The van der Waals surface area contributed by atoms with Gasteiger partial charge >= 0.3 is 0 Å². The normalized spacial score (nSPS) is 10.4. The molecule has 0 aliphatic rings. The fourth-order valence-electron chi connectivity index (χ4n) is 3.67. The lowest BCUT2D eigenvalue weighted by molar-refractivity contribution is 0.102. The van der Waals surface area contributed by atoms with Crippen molar-refractivity contribution >= 4 is 33.9 Å². The second kappa shape index (κ2) is 9.77. The van der Waals surface area contributed by atoms with Crippen molar-refractivity contribution in [3.63, 3.8) is 0 Å². The Morgan fingerprint density at radius 1 is 0.800 bits per heavy atom. The number of carbonyl (C=O) groups is 1. The summed E-state index contributed by atoms with van der Waals surface area (Å²) in [7, 11) is 0. The Balaban J connectivity index is 1.33. The Hall–Kier alpha value is -5.15. The first-order valence-corrected chi connectivity index (χ1v) is 11.0. The molecular formula is C29H20N4O2. The van der Waals surface area contributed by atoms with Crippen LogP contribution >= 0.6 is 0 Å². The lowest BCUT2D eigenvalue weighted by atomic mass is 10.1. The van der Waals surface area contributed by atoms with E-state index >= 15 is 0 Å². The number of fused-ring (bicyclic) bond motifs is 1. The summed E-state index contributed by atoms with van der Waals surface area (Å²) in [5.74, 6) is 0.815. The lowest BCUT2D eigenvalue weighted by Gasteiger charge is -2.11. The molecule has 0 saturated heterocycles. The van der Waals surface area contributed by atoms with Crippen LogP contribution in [0.25, 0.3) is 10.9 Å². The van der Waals surface area contributed by atoms with Crippen molar-refractivity contribution in [2.75, 3.05) is 10.6 Å². The molecule has 0 aliphatic heterocycles. The smallest absolute Gasteiger partial charge is 0.255 e. The van der Waals surface area contributed by atoms with Crippen molar-refractivity contribution in [1.82, 2.24) is 4.98 Å². The highest BCUT2D eigenvalue weighted by molar-refractivity contribution is 6.04. The number of nitrogens with one attached hydrogen (secondary N) is 2. The number of rotatable bonds is 6. The maximum absolute atomic E-state index is 13.0. The SMILES string of the molecule is N#Cc1ccc2nccc(Oc3cccc(C(=O)Nc4cccc(Nc5ccccc5)c4)c3)c2c1. The van der Waals surface area contributed by atoms with Gasteiger partial charge in [-0.05, 0) is 72.8 Å². The average molecular weight is 457 g/mol. The van der Waals surface area contributed by atoms with Crippen LogP contribution in [0.15, 0.2) is 109 Å². The number of pyridine rings is 1. The number of nitriles is 1. The van der Waals surface area contributed by atoms with Crippen molar-refractivity contribution in [3.05, 3.63) is 120 Å². The first kappa shape index (κ1) is 21.7. The molecule has 1 aromatic heterocycles. The fourth-order valence-corrected chi connectivity index (χ4v) is 3.67. The Bertz CT molecular complexity index is 1560. The summed E-state index contributed by atoms with van der Waals surface area (Å²) >= 11 is 0. The number of para-hydroxylation sites is 1. The third-order valence-corrected chi connectivity index (χ3v) is 5.34. The van der Waals surface area contributed by atoms with Gasteiger partial charge in [0.1, 0.15) is 11.5 Å². The summed E-state index contributed by atoms with van der Waals surface area (Å²) in [5.41, 5.74) is 4.21. The third-order valence-electron chi connectivity index (χ3n) is 5.34. The molecule has 6 heteroatoms. The van der Waals surface area contributed by atoms with Gasteiger partial charge in [-0.1, -0.05) is 30.3 Å². The molecule has 5 aromatic rings. The van der Waals surface area contributed by atoms with E-state index in [9.17, 15) is 10.1 Å². The van der Waals surface area contributed by atoms with Gasteiger partial charge < -0.3 is 15.4 Å². The number of hydrogen-bond acceptors (Lipinski definition) is 5. The van der Waals surface area contributed by atoms with Crippen LogP contribution in [-0.2, 0) is 0 Å². The summed E-state index contributed by atoms with van der Waals surface area (Å²) < 4.78 is 6.08. The Labute approximate surface area is 202 Å². The molecule has 35 heavy (non-hydrogen) atoms. The van der Waals surface area contributed by atoms with Gasteiger partial charge in [-0.2, -0.15) is 5.26 Å². The highest BCUT2D eigenvalue weighted by atomic mass is 16.5. The van der Waals surface area contributed by atoms with E-state index in [4.69, 9.17) is 4.74 Å². The zero-order valence-electron chi connectivity index (χ0n) is 18.6. The van der Waals surface area contributed by atoms with Crippen LogP contribution in [0.4, 0.5) is 17.1 Å². The number of benzene rings is 4. The Kier molecular flexibility index (Phi) is 6.05. The lowest BCUT2D eigenvalue weighted by Crippen LogP contribution is -2.12. The summed E-state index contributed by atoms with van der Waals surface area (Å²) in [6.07, 6.45) is 1.65. The molecule has 1 heterocycles. The van der Waals surface area contributed by atoms with Gasteiger partial charge in [0.25, 0.3) is 5.91 Å². The van der Waals surface area contributed by atoms with E-state index in [1.807, 2.05) is 54.6 Å². The highest BCUT2D eigenvalue weighted by Crippen LogP contribution is 2.30. The minimum atomic E-state index is -0.251. The van der Waals surface area contributed by atoms with Gasteiger partial charge in [-0.25, -0.2) is 0 Å². The zero-order valence-corrected chi connectivity index (χ0v) is 18.6. The largest absolute Gasteiger partial charge is 0.457 e. The molecule has 0 atom stereocenters. The maximum atomic E-state index is 13.0. The second-order valence-corrected chi connectivity index (χ2v) is 7.81. The van der Waals surface area contributed by atoms with Crippen molar-refractivity contribution in [1.29, 1.82) is 5.26 Å². The molecule has 1 amide bonds. The molecule has 4 aromatic carbocycles. The predicted molar refractivity (Wildman–Crippen MR) is 137 cm³/mol. The summed E-state index contributed by atoms with van der Waals surface area (Å²) in [6.45, 7) is 0. The van der Waals surface area contributed by atoms with Crippen molar-refractivity contribution in [2.45, 2.75) is 0 Å². The molecule has 2 N–H and O–H groups in total. The fraction of sp³-hybridized carbons (Fsp3) is 0. The number of anilines is 3. The monoisotopic (exact) mass is 456 g/mol. The molecule has 0 aliphatic carbocycles. The molecule has 0 fully saturated rings. The predicted octanol–water partition coefficient (Wildman–Crippen LogP) is 6.89. The summed E-state index contributed by atoms with van der Waals surface area (Å²) in [4.78, 5) is 17.3. The molecule has 0 spiro atoms. The van der Waals surface area contributed by atoms with E-state index in [0.717, 1.165) is 22.3 Å². The average Bonchev–Trinajstić information content (AvgIpc) is 2.89. The Morgan fingerprint density at radius 3 is 2.46 bits per heavy atom. The van der Waals surface area contributed by atoms with Gasteiger partial charge in [-0.15, -0.1) is 0 Å². The number of carbonyl (C=O) groups excluding carboxylic acids is 1.